The van der Waals surface area contributed by atoms with Crippen molar-refractivity contribution in [1.82, 2.24) is 10.2 Å². The Morgan fingerprint density at radius 3 is 2.67 bits per heavy atom. The predicted octanol–water partition coefficient (Wildman–Crippen LogP) is 3.64. The van der Waals surface area contributed by atoms with Crippen molar-refractivity contribution in [3.63, 3.8) is 0 Å². The summed E-state index contributed by atoms with van der Waals surface area (Å²) in [6, 6.07) is 12.6. The molecule has 0 bridgehead atoms. The molecule has 0 amide bonds. The Kier molecular flexibility index (Phi) is 4.97. The molecule has 21 heavy (non-hydrogen) atoms. The summed E-state index contributed by atoms with van der Waals surface area (Å²) in [4.78, 5) is 2.72. The van der Waals surface area contributed by atoms with E-state index in [0.29, 0.717) is 11.8 Å². The van der Waals surface area contributed by atoms with Crippen LogP contribution in [0.1, 0.15) is 51.0 Å². The summed E-state index contributed by atoms with van der Waals surface area (Å²) in [6.07, 6.45) is 5.56. The van der Waals surface area contributed by atoms with E-state index in [1.807, 2.05) is 0 Å². The Hall–Kier alpha value is -0.860. The average Bonchev–Trinajstić information content (AvgIpc) is 2.92. The first-order chi connectivity index (χ1) is 10.3. The summed E-state index contributed by atoms with van der Waals surface area (Å²) < 4.78 is 0. The van der Waals surface area contributed by atoms with Crippen molar-refractivity contribution >= 4 is 0 Å². The van der Waals surface area contributed by atoms with Gasteiger partial charge in [0.2, 0.25) is 0 Å². The molecule has 2 nitrogen and oxygen atoms in total. The summed E-state index contributed by atoms with van der Waals surface area (Å²) in [5.41, 5.74) is 1.48. The van der Waals surface area contributed by atoms with E-state index < -0.39 is 0 Å². The molecule has 0 aromatic heterocycles. The van der Waals surface area contributed by atoms with Gasteiger partial charge in [-0.25, -0.2) is 0 Å². The van der Waals surface area contributed by atoms with Crippen LogP contribution in [0.2, 0.25) is 0 Å². The maximum Gasteiger partial charge on any atom is 0.0249 e. The van der Waals surface area contributed by atoms with Gasteiger partial charge in [-0.1, -0.05) is 50.6 Å². The van der Waals surface area contributed by atoms with Crippen LogP contribution in [-0.4, -0.2) is 36.6 Å². The molecule has 2 heterocycles. The molecule has 0 radical (unpaired) electrons. The van der Waals surface area contributed by atoms with Crippen molar-refractivity contribution in [1.29, 1.82) is 0 Å². The molecule has 1 N–H and O–H groups in total. The Balaban J connectivity index is 1.60. The Morgan fingerprint density at radius 1 is 1.10 bits per heavy atom. The molecule has 2 saturated heterocycles. The van der Waals surface area contributed by atoms with Crippen molar-refractivity contribution in [3.8, 4) is 0 Å². The molecule has 0 saturated carbocycles. The van der Waals surface area contributed by atoms with Crippen molar-refractivity contribution in [2.24, 2.45) is 5.92 Å². The molecule has 2 aliphatic heterocycles. The zero-order valence-corrected chi connectivity index (χ0v) is 13.6. The lowest BCUT2D eigenvalue weighted by atomic mass is 9.88. The molecule has 2 aliphatic rings. The van der Waals surface area contributed by atoms with Crippen molar-refractivity contribution in [3.05, 3.63) is 35.9 Å². The summed E-state index contributed by atoms with van der Waals surface area (Å²) in [6.45, 7) is 8.45. The van der Waals surface area contributed by atoms with Crippen LogP contribution in [-0.2, 0) is 0 Å². The molecule has 3 rings (SSSR count). The fourth-order valence-electron chi connectivity index (χ4n) is 4.20. The zero-order valence-electron chi connectivity index (χ0n) is 13.6. The van der Waals surface area contributed by atoms with Crippen molar-refractivity contribution in [2.45, 2.75) is 57.5 Å². The number of fused-ring (bicyclic) bond motifs is 1. The van der Waals surface area contributed by atoms with Gasteiger partial charge in [0.15, 0.2) is 0 Å². The van der Waals surface area contributed by atoms with E-state index in [4.69, 9.17) is 0 Å². The van der Waals surface area contributed by atoms with E-state index in [0.717, 1.165) is 18.6 Å². The number of hydrogen-bond acceptors (Lipinski definition) is 2. The minimum absolute atomic E-state index is 0.629. The quantitative estimate of drug-likeness (QED) is 0.889. The molecule has 0 aliphatic carbocycles. The Morgan fingerprint density at radius 2 is 1.90 bits per heavy atom. The lowest BCUT2D eigenvalue weighted by Crippen LogP contribution is -2.46. The third-order valence-corrected chi connectivity index (χ3v) is 5.49. The van der Waals surface area contributed by atoms with E-state index >= 15 is 0 Å². The minimum atomic E-state index is 0.629. The lowest BCUT2D eigenvalue weighted by Gasteiger charge is -2.33. The summed E-state index contributed by atoms with van der Waals surface area (Å²) in [7, 11) is 0. The summed E-state index contributed by atoms with van der Waals surface area (Å²) >= 11 is 0. The molecule has 2 fully saturated rings. The van der Waals surface area contributed by atoms with Gasteiger partial charge >= 0.3 is 0 Å². The Labute approximate surface area is 129 Å². The van der Waals surface area contributed by atoms with Gasteiger partial charge in [0.1, 0.15) is 0 Å². The molecule has 3 atom stereocenters. The fraction of sp³-hybridized carbons (Fsp3) is 0.684. The van der Waals surface area contributed by atoms with Gasteiger partial charge in [0.25, 0.3) is 0 Å². The highest BCUT2D eigenvalue weighted by Gasteiger charge is 2.35. The number of piperidine rings is 1. The van der Waals surface area contributed by atoms with Crippen LogP contribution in [0.25, 0.3) is 0 Å². The topological polar surface area (TPSA) is 15.3 Å². The molecule has 3 unspecified atom stereocenters. The normalized spacial score (nSPS) is 27.8. The maximum atomic E-state index is 3.92. The van der Waals surface area contributed by atoms with Crippen LogP contribution in [0.3, 0.4) is 0 Å². The number of nitrogens with one attached hydrogen (secondary N) is 1. The highest BCUT2D eigenvalue weighted by molar-refractivity contribution is 5.20. The largest absolute Gasteiger partial charge is 0.312 e. The second kappa shape index (κ2) is 6.93. The second-order valence-electron chi connectivity index (χ2n) is 7.16. The smallest absolute Gasteiger partial charge is 0.0249 e. The van der Waals surface area contributed by atoms with Gasteiger partial charge < -0.3 is 5.32 Å². The predicted molar refractivity (Wildman–Crippen MR) is 89.6 cm³/mol. The summed E-state index contributed by atoms with van der Waals surface area (Å²) in [5.74, 6) is 1.31. The zero-order chi connectivity index (χ0) is 14.7. The molecular formula is C19H30N2. The highest BCUT2D eigenvalue weighted by Crippen LogP contribution is 2.29. The molecule has 1 aromatic carbocycles. The number of nitrogens with zero attached hydrogens (tertiary/aromatic N) is 1. The third-order valence-electron chi connectivity index (χ3n) is 5.49. The van der Waals surface area contributed by atoms with Gasteiger partial charge in [-0.3, -0.25) is 4.90 Å². The van der Waals surface area contributed by atoms with Gasteiger partial charge in [-0.15, -0.1) is 0 Å². The average molecular weight is 286 g/mol. The first-order valence-corrected chi connectivity index (χ1v) is 8.78. The van der Waals surface area contributed by atoms with Crippen molar-refractivity contribution in [2.75, 3.05) is 19.6 Å². The van der Waals surface area contributed by atoms with E-state index in [-0.39, 0.29) is 0 Å². The number of benzene rings is 1. The van der Waals surface area contributed by atoms with Crippen molar-refractivity contribution < 1.29 is 0 Å². The monoisotopic (exact) mass is 286 g/mol. The maximum absolute atomic E-state index is 3.92. The van der Waals surface area contributed by atoms with E-state index in [1.54, 1.807) is 0 Å². The molecule has 1 aromatic rings. The summed E-state index contributed by atoms with van der Waals surface area (Å²) in [5, 5.41) is 3.92. The molecule has 0 spiro atoms. The van der Waals surface area contributed by atoms with Gasteiger partial charge in [0, 0.05) is 25.2 Å². The lowest BCUT2D eigenvalue weighted by molar-refractivity contribution is 0.179. The third kappa shape index (κ3) is 3.49. The van der Waals surface area contributed by atoms with E-state index in [9.17, 15) is 0 Å². The van der Waals surface area contributed by atoms with Crippen LogP contribution in [0.4, 0.5) is 0 Å². The van der Waals surface area contributed by atoms with Crippen LogP contribution in [0.15, 0.2) is 30.3 Å². The van der Waals surface area contributed by atoms with Gasteiger partial charge in [0.05, 0.1) is 0 Å². The standard InChI is InChI=1S/C19H30N2/c1-15(2)17(16-8-4-3-5-9-16)14-20-18-11-13-21-12-7-6-10-19(18)21/h3-5,8-9,15,17-20H,6-7,10-14H2,1-2H3. The Bertz CT molecular complexity index is 428. The number of rotatable bonds is 5. The number of hydrogen-bond donors (Lipinski definition) is 1. The fourth-order valence-corrected chi connectivity index (χ4v) is 4.20. The second-order valence-corrected chi connectivity index (χ2v) is 7.16. The first kappa shape index (κ1) is 15.1. The minimum Gasteiger partial charge on any atom is -0.312 e. The van der Waals surface area contributed by atoms with E-state index in [1.165, 1.54) is 44.3 Å². The van der Waals surface area contributed by atoms with Gasteiger partial charge in [-0.05, 0) is 43.2 Å². The van der Waals surface area contributed by atoms with E-state index in [2.05, 4.69) is 54.4 Å². The molecule has 2 heteroatoms. The SMILES string of the molecule is CC(C)C(CNC1CCN2CCCCC12)c1ccccc1. The first-order valence-electron chi connectivity index (χ1n) is 8.78. The van der Waals surface area contributed by atoms with Crippen LogP contribution < -0.4 is 5.32 Å². The highest BCUT2D eigenvalue weighted by atomic mass is 15.2. The molecular weight excluding hydrogens is 256 g/mol. The van der Waals surface area contributed by atoms with Crippen LogP contribution >= 0.6 is 0 Å². The van der Waals surface area contributed by atoms with Crippen LogP contribution in [0, 0.1) is 5.92 Å². The molecule has 116 valence electrons. The van der Waals surface area contributed by atoms with Gasteiger partial charge in [-0.2, -0.15) is 0 Å². The van der Waals surface area contributed by atoms with Crippen LogP contribution in [0.5, 0.6) is 0 Å².